The molecule has 0 aliphatic carbocycles. The number of nitrogens with zero attached hydrogens (tertiary/aromatic N) is 1. The predicted molar refractivity (Wildman–Crippen MR) is 84.0 cm³/mol. The van der Waals surface area contributed by atoms with Crippen molar-refractivity contribution in [2.24, 2.45) is 0 Å². The van der Waals surface area contributed by atoms with Crippen LogP contribution in [-0.4, -0.2) is 18.0 Å². The molecule has 0 bridgehead atoms. The monoisotopic (exact) mass is 309 g/mol. The van der Waals surface area contributed by atoms with Crippen LogP contribution in [0.5, 0.6) is 5.75 Å². The summed E-state index contributed by atoms with van der Waals surface area (Å²) in [7, 11) is 1.53. The smallest absolute Gasteiger partial charge is 0.257 e. The van der Waals surface area contributed by atoms with Crippen LogP contribution in [0.1, 0.15) is 15.9 Å². The van der Waals surface area contributed by atoms with E-state index in [2.05, 4.69) is 10.3 Å². The van der Waals surface area contributed by atoms with Gasteiger partial charge in [-0.15, -0.1) is 0 Å². The van der Waals surface area contributed by atoms with Gasteiger partial charge in [0, 0.05) is 24.3 Å². The summed E-state index contributed by atoms with van der Waals surface area (Å²) in [5.41, 5.74) is 1.36. The average molecular weight is 309 g/mol. The molecule has 2 aromatic heterocycles. The van der Waals surface area contributed by atoms with E-state index >= 15 is 0 Å². The topological polar surface area (TPSA) is 88.2 Å². The molecule has 23 heavy (non-hydrogen) atoms. The van der Waals surface area contributed by atoms with E-state index < -0.39 is 0 Å². The standard InChI is InChI=1S/C17H15N3O3/c1-22-14-4-2-3-12-9-13(16(18)23-15(12)14)17(21)20-10-11-5-7-19-8-6-11/h2-9,18H,10H2,1H3,(H,20,21). The number of pyridine rings is 1. The highest BCUT2D eigenvalue weighted by Crippen LogP contribution is 2.24. The zero-order valence-electron chi connectivity index (χ0n) is 12.5. The SMILES string of the molecule is COc1cccc2cc(C(=O)NCc3ccncc3)c(=N)oc12. The van der Waals surface area contributed by atoms with Gasteiger partial charge in [-0.2, -0.15) is 0 Å². The van der Waals surface area contributed by atoms with Crippen LogP contribution in [0, 0.1) is 5.41 Å². The number of methoxy groups -OCH3 is 1. The van der Waals surface area contributed by atoms with Crippen molar-refractivity contribution in [3.8, 4) is 5.75 Å². The zero-order valence-corrected chi connectivity index (χ0v) is 12.5. The lowest BCUT2D eigenvalue weighted by Crippen LogP contribution is -2.27. The van der Waals surface area contributed by atoms with Gasteiger partial charge in [0.1, 0.15) is 5.56 Å². The number of hydrogen-bond acceptors (Lipinski definition) is 5. The Kier molecular flexibility index (Phi) is 4.05. The number of para-hydroxylation sites is 1. The molecular weight excluding hydrogens is 294 g/mol. The average Bonchev–Trinajstić information content (AvgIpc) is 2.59. The van der Waals surface area contributed by atoms with E-state index in [0.717, 1.165) is 5.56 Å². The number of aromatic nitrogens is 1. The third-order valence-corrected chi connectivity index (χ3v) is 3.42. The maximum absolute atomic E-state index is 12.3. The molecule has 0 spiro atoms. The van der Waals surface area contributed by atoms with E-state index in [0.29, 0.717) is 23.3 Å². The number of ether oxygens (including phenoxy) is 1. The lowest BCUT2D eigenvalue weighted by molar-refractivity contribution is 0.0946. The molecule has 0 saturated heterocycles. The predicted octanol–water partition coefficient (Wildman–Crippen LogP) is 2.25. The highest BCUT2D eigenvalue weighted by molar-refractivity contribution is 5.97. The number of nitrogens with one attached hydrogen (secondary N) is 2. The summed E-state index contributed by atoms with van der Waals surface area (Å²) in [6.45, 7) is 0.358. The van der Waals surface area contributed by atoms with Gasteiger partial charge >= 0.3 is 0 Å². The molecule has 3 aromatic rings. The summed E-state index contributed by atoms with van der Waals surface area (Å²) in [6.07, 6.45) is 3.32. The van der Waals surface area contributed by atoms with E-state index in [4.69, 9.17) is 14.6 Å². The minimum absolute atomic E-state index is 0.180. The Balaban J connectivity index is 1.89. The summed E-state index contributed by atoms with van der Waals surface area (Å²) in [5.74, 6) is 0.167. The van der Waals surface area contributed by atoms with Crippen molar-refractivity contribution in [3.63, 3.8) is 0 Å². The first-order valence-electron chi connectivity index (χ1n) is 7.01. The third-order valence-electron chi connectivity index (χ3n) is 3.42. The van der Waals surface area contributed by atoms with Crippen LogP contribution >= 0.6 is 0 Å². The molecule has 1 amide bonds. The van der Waals surface area contributed by atoms with E-state index in [1.165, 1.54) is 7.11 Å². The van der Waals surface area contributed by atoms with E-state index in [-0.39, 0.29) is 17.0 Å². The minimum Gasteiger partial charge on any atom is -0.493 e. The highest BCUT2D eigenvalue weighted by Gasteiger charge is 2.13. The van der Waals surface area contributed by atoms with Gasteiger partial charge in [-0.05, 0) is 29.8 Å². The first-order valence-corrected chi connectivity index (χ1v) is 7.01. The Morgan fingerprint density at radius 2 is 2.09 bits per heavy atom. The largest absolute Gasteiger partial charge is 0.493 e. The third kappa shape index (κ3) is 3.06. The van der Waals surface area contributed by atoms with Gasteiger partial charge in [0.2, 0.25) is 5.55 Å². The Labute approximate surface area is 132 Å². The van der Waals surface area contributed by atoms with E-state index in [1.807, 2.05) is 12.1 Å². The summed E-state index contributed by atoms with van der Waals surface area (Å²) in [4.78, 5) is 16.2. The Morgan fingerprint density at radius 3 is 2.83 bits per heavy atom. The zero-order chi connectivity index (χ0) is 16.2. The molecule has 0 fully saturated rings. The highest BCUT2D eigenvalue weighted by atomic mass is 16.5. The summed E-state index contributed by atoms with van der Waals surface area (Å²) < 4.78 is 10.7. The van der Waals surface area contributed by atoms with Crippen LogP contribution < -0.4 is 15.6 Å². The number of rotatable bonds is 4. The number of carbonyl (C=O) groups is 1. The molecule has 0 radical (unpaired) electrons. The molecule has 116 valence electrons. The molecule has 3 rings (SSSR count). The second kappa shape index (κ2) is 6.31. The summed E-state index contributed by atoms with van der Waals surface area (Å²) in [6, 6.07) is 10.6. The lowest BCUT2D eigenvalue weighted by atomic mass is 10.1. The summed E-state index contributed by atoms with van der Waals surface area (Å²) in [5, 5.41) is 11.4. The van der Waals surface area contributed by atoms with Crippen molar-refractivity contribution in [1.29, 1.82) is 5.41 Å². The van der Waals surface area contributed by atoms with Crippen molar-refractivity contribution in [2.75, 3.05) is 7.11 Å². The van der Waals surface area contributed by atoms with Gasteiger partial charge in [0.25, 0.3) is 5.91 Å². The Hall–Kier alpha value is -3.15. The van der Waals surface area contributed by atoms with Gasteiger partial charge in [0.05, 0.1) is 7.11 Å². The number of fused-ring (bicyclic) bond motifs is 1. The number of hydrogen-bond donors (Lipinski definition) is 2. The second-order valence-corrected chi connectivity index (χ2v) is 4.91. The maximum atomic E-state index is 12.3. The van der Waals surface area contributed by atoms with Crippen molar-refractivity contribution < 1.29 is 13.9 Å². The van der Waals surface area contributed by atoms with Gasteiger partial charge in [-0.1, -0.05) is 12.1 Å². The first-order chi connectivity index (χ1) is 11.2. The van der Waals surface area contributed by atoms with Crippen molar-refractivity contribution in [3.05, 3.63) is 65.5 Å². The fourth-order valence-corrected chi connectivity index (χ4v) is 2.24. The van der Waals surface area contributed by atoms with Crippen LogP contribution in [0.15, 0.2) is 53.2 Å². The molecule has 0 unspecified atom stereocenters. The molecule has 1 aromatic carbocycles. The second-order valence-electron chi connectivity index (χ2n) is 4.91. The van der Waals surface area contributed by atoms with Crippen molar-refractivity contribution in [1.82, 2.24) is 10.3 Å². The Bertz CT molecular complexity index is 904. The van der Waals surface area contributed by atoms with E-state index in [1.54, 1.807) is 36.7 Å². The fraction of sp³-hybridized carbons (Fsp3) is 0.118. The first kappa shape index (κ1) is 14.8. The summed E-state index contributed by atoms with van der Waals surface area (Å²) >= 11 is 0. The molecule has 6 heteroatoms. The number of benzene rings is 1. The van der Waals surface area contributed by atoms with Crippen molar-refractivity contribution in [2.45, 2.75) is 6.54 Å². The van der Waals surface area contributed by atoms with Crippen LogP contribution in [0.4, 0.5) is 0 Å². The van der Waals surface area contributed by atoms with Gasteiger partial charge in [-0.3, -0.25) is 15.2 Å². The van der Waals surface area contributed by atoms with E-state index in [9.17, 15) is 4.79 Å². The molecular formula is C17H15N3O3. The lowest BCUT2D eigenvalue weighted by Gasteiger charge is -2.08. The molecule has 2 N–H and O–H groups in total. The van der Waals surface area contributed by atoms with Gasteiger partial charge in [-0.25, -0.2) is 0 Å². The Morgan fingerprint density at radius 1 is 1.30 bits per heavy atom. The molecule has 0 aliphatic heterocycles. The maximum Gasteiger partial charge on any atom is 0.257 e. The molecule has 0 aliphatic rings. The molecule has 0 saturated carbocycles. The number of carbonyl (C=O) groups excluding carboxylic acids is 1. The van der Waals surface area contributed by atoms with Gasteiger partial charge in [0.15, 0.2) is 11.3 Å². The van der Waals surface area contributed by atoms with Crippen molar-refractivity contribution >= 4 is 16.9 Å². The minimum atomic E-state index is -0.361. The fourth-order valence-electron chi connectivity index (χ4n) is 2.24. The molecule has 2 heterocycles. The number of amides is 1. The van der Waals surface area contributed by atoms with Crippen LogP contribution in [0.25, 0.3) is 11.0 Å². The molecule has 0 atom stereocenters. The van der Waals surface area contributed by atoms with Crippen LogP contribution in [-0.2, 0) is 6.54 Å². The molecule has 6 nitrogen and oxygen atoms in total. The van der Waals surface area contributed by atoms with Crippen LogP contribution in [0.2, 0.25) is 0 Å². The van der Waals surface area contributed by atoms with Gasteiger partial charge < -0.3 is 14.5 Å². The normalized spacial score (nSPS) is 10.5. The quantitative estimate of drug-likeness (QED) is 0.773. The van der Waals surface area contributed by atoms with Crippen LogP contribution in [0.3, 0.4) is 0 Å².